The van der Waals surface area contributed by atoms with Crippen LogP contribution < -0.4 is 0 Å². The minimum absolute atomic E-state index is 0.120. The molecule has 0 aliphatic rings. The summed E-state index contributed by atoms with van der Waals surface area (Å²) in [5.74, 6) is 0.120. The number of benzene rings is 2. The lowest BCUT2D eigenvalue weighted by molar-refractivity contribution is 0.481. The average molecular weight is 208 g/mol. The lowest BCUT2D eigenvalue weighted by Crippen LogP contribution is -1.89. The van der Waals surface area contributed by atoms with E-state index in [1.54, 1.807) is 24.3 Å². The summed E-state index contributed by atoms with van der Waals surface area (Å²) < 4.78 is 20.0. The van der Waals surface area contributed by atoms with Gasteiger partial charge in [-0.2, -0.15) is 0 Å². The van der Waals surface area contributed by atoms with Crippen molar-refractivity contribution in [1.82, 2.24) is 0 Å². The van der Waals surface area contributed by atoms with Gasteiger partial charge in [-0.25, -0.2) is 4.21 Å². The molecule has 1 unspecified atom stereocenters. The van der Waals surface area contributed by atoms with Gasteiger partial charge in [-0.1, -0.05) is 24.3 Å². The number of fused-ring (bicyclic) bond motifs is 1. The van der Waals surface area contributed by atoms with E-state index >= 15 is 0 Å². The molecule has 0 fully saturated rings. The van der Waals surface area contributed by atoms with Crippen molar-refractivity contribution in [3.8, 4) is 5.75 Å². The van der Waals surface area contributed by atoms with Gasteiger partial charge in [0.2, 0.25) is 0 Å². The van der Waals surface area contributed by atoms with Gasteiger partial charge in [-0.15, -0.1) is 0 Å². The minimum Gasteiger partial charge on any atom is -0.507 e. The van der Waals surface area contributed by atoms with Crippen LogP contribution in [-0.4, -0.2) is 13.9 Å². The molecule has 0 bridgehead atoms. The van der Waals surface area contributed by atoms with E-state index < -0.39 is 11.1 Å². The lowest BCUT2D eigenvalue weighted by Gasteiger charge is -2.03. The molecule has 0 radical (unpaired) electrons. The molecule has 72 valence electrons. The van der Waals surface area contributed by atoms with Gasteiger partial charge in [0.05, 0.1) is 4.90 Å². The summed E-state index contributed by atoms with van der Waals surface area (Å²) in [4.78, 5) is 0.318. The molecule has 14 heavy (non-hydrogen) atoms. The van der Waals surface area contributed by atoms with Crippen molar-refractivity contribution in [1.29, 1.82) is 0 Å². The third-order valence-corrected chi connectivity index (χ3v) is 2.78. The zero-order chi connectivity index (χ0) is 10.1. The highest BCUT2D eigenvalue weighted by Crippen LogP contribution is 2.28. The van der Waals surface area contributed by atoms with Crippen LogP contribution in [0.3, 0.4) is 0 Å². The third-order valence-electron chi connectivity index (χ3n) is 2.05. The molecule has 2 aromatic carbocycles. The topological polar surface area (TPSA) is 57.5 Å². The maximum atomic E-state index is 11.0. The molecule has 4 heteroatoms. The molecule has 0 saturated carbocycles. The first-order valence-electron chi connectivity index (χ1n) is 4.02. The number of phenols is 1. The molecule has 2 rings (SSSR count). The van der Waals surface area contributed by atoms with E-state index in [2.05, 4.69) is 0 Å². The Balaban J connectivity index is 2.88. The summed E-state index contributed by atoms with van der Waals surface area (Å²) in [7, 11) is 0. The van der Waals surface area contributed by atoms with Crippen molar-refractivity contribution in [3.05, 3.63) is 36.4 Å². The van der Waals surface area contributed by atoms with Gasteiger partial charge in [0.15, 0.2) is 11.1 Å². The monoisotopic (exact) mass is 208 g/mol. The normalized spacial score (nSPS) is 12.9. The second-order valence-corrected chi connectivity index (χ2v) is 3.82. The summed E-state index contributed by atoms with van der Waals surface area (Å²) in [6.07, 6.45) is 0. The largest absolute Gasteiger partial charge is 0.507 e. The molecule has 0 saturated heterocycles. The molecule has 0 aliphatic carbocycles. The zero-order valence-corrected chi connectivity index (χ0v) is 7.99. The maximum Gasteiger partial charge on any atom is 0.187 e. The highest BCUT2D eigenvalue weighted by molar-refractivity contribution is 7.79. The summed E-state index contributed by atoms with van der Waals surface area (Å²) >= 11 is -2.02. The van der Waals surface area contributed by atoms with Gasteiger partial charge in [0.1, 0.15) is 5.75 Å². The second kappa shape index (κ2) is 3.40. The van der Waals surface area contributed by atoms with Crippen LogP contribution in [0.15, 0.2) is 41.3 Å². The SMILES string of the molecule is O=S(O)c1ccc(O)c2ccccc12. The first-order chi connectivity index (χ1) is 6.70. The van der Waals surface area contributed by atoms with Crippen molar-refractivity contribution in [3.63, 3.8) is 0 Å². The van der Waals surface area contributed by atoms with Crippen LogP contribution in [0.5, 0.6) is 5.75 Å². The zero-order valence-electron chi connectivity index (χ0n) is 7.18. The molecule has 2 aromatic rings. The fourth-order valence-electron chi connectivity index (χ4n) is 1.41. The van der Waals surface area contributed by atoms with Crippen LogP contribution in [0.4, 0.5) is 0 Å². The number of phenolic OH excluding ortho intramolecular Hbond substituents is 1. The smallest absolute Gasteiger partial charge is 0.187 e. The Morgan fingerprint density at radius 1 is 1.00 bits per heavy atom. The van der Waals surface area contributed by atoms with Crippen LogP contribution >= 0.6 is 0 Å². The van der Waals surface area contributed by atoms with Gasteiger partial charge in [0, 0.05) is 10.8 Å². The third kappa shape index (κ3) is 1.38. The predicted molar refractivity (Wildman–Crippen MR) is 54.7 cm³/mol. The molecular weight excluding hydrogens is 200 g/mol. The maximum absolute atomic E-state index is 11.0. The number of aromatic hydroxyl groups is 1. The van der Waals surface area contributed by atoms with E-state index in [-0.39, 0.29) is 5.75 Å². The Morgan fingerprint density at radius 2 is 1.64 bits per heavy atom. The van der Waals surface area contributed by atoms with Crippen molar-refractivity contribution in [2.24, 2.45) is 0 Å². The van der Waals surface area contributed by atoms with Crippen LogP contribution in [0.25, 0.3) is 10.8 Å². The van der Waals surface area contributed by atoms with E-state index in [1.807, 2.05) is 0 Å². The second-order valence-electron chi connectivity index (χ2n) is 2.88. The standard InChI is InChI=1S/C10H8O3S/c11-9-5-6-10(14(12)13)8-4-2-1-3-7(8)9/h1-6,11H,(H,12,13). The summed E-state index contributed by atoms with van der Waals surface area (Å²) in [6.45, 7) is 0. The number of rotatable bonds is 1. The Labute approximate surface area is 83.3 Å². The first kappa shape index (κ1) is 9.18. The molecule has 3 nitrogen and oxygen atoms in total. The van der Waals surface area contributed by atoms with Crippen molar-refractivity contribution >= 4 is 21.9 Å². The Kier molecular flexibility index (Phi) is 2.23. The fourth-order valence-corrected chi connectivity index (χ4v) is 1.96. The van der Waals surface area contributed by atoms with E-state index in [1.165, 1.54) is 12.1 Å². The van der Waals surface area contributed by atoms with Gasteiger partial charge in [0.25, 0.3) is 0 Å². The molecule has 0 aliphatic heterocycles. The molecular formula is C10H8O3S. The van der Waals surface area contributed by atoms with Gasteiger partial charge < -0.3 is 9.66 Å². The van der Waals surface area contributed by atoms with Crippen LogP contribution in [0, 0.1) is 0 Å². The highest BCUT2D eigenvalue weighted by atomic mass is 32.2. The van der Waals surface area contributed by atoms with Gasteiger partial charge in [-0.3, -0.25) is 0 Å². The summed E-state index contributed by atoms with van der Waals surface area (Å²) in [5.41, 5.74) is 0. The molecule has 0 aromatic heterocycles. The van der Waals surface area contributed by atoms with Crippen molar-refractivity contribution < 1.29 is 13.9 Å². The molecule has 0 spiro atoms. The number of hydrogen-bond acceptors (Lipinski definition) is 2. The lowest BCUT2D eigenvalue weighted by atomic mass is 10.1. The first-order valence-corrected chi connectivity index (χ1v) is 5.12. The van der Waals surface area contributed by atoms with Crippen LogP contribution in [0.1, 0.15) is 0 Å². The van der Waals surface area contributed by atoms with Crippen molar-refractivity contribution in [2.45, 2.75) is 4.90 Å². The molecule has 1 atom stereocenters. The summed E-state index contributed by atoms with van der Waals surface area (Å²) in [6, 6.07) is 9.82. The Bertz CT molecular complexity index is 508. The molecule has 0 amide bonds. The molecule has 0 heterocycles. The van der Waals surface area contributed by atoms with E-state index in [9.17, 15) is 9.32 Å². The van der Waals surface area contributed by atoms with Gasteiger partial charge in [-0.05, 0) is 12.1 Å². The predicted octanol–water partition coefficient (Wildman–Crippen LogP) is 2.13. The summed E-state index contributed by atoms with van der Waals surface area (Å²) in [5, 5.41) is 10.7. The average Bonchev–Trinajstić information content (AvgIpc) is 2.18. The fraction of sp³-hybridized carbons (Fsp3) is 0. The van der Waals surface area contributed by atoms with Crippen molar-refractivity contribution in [2.75, 3.05) is 0 Å². The van der Waals surface area contributed by atoms with E-state index in [0.717, 1.165) is 0 Å². The number of hydrogen-bond donors (Lipinski definition) is 2. The highest BCUT2D eigenvalue weighted by Gasteiger charge is 2.07. The van der Waals surface area contributed by atoms with Gasteiger partial charge >= 0.3 is 0 Å². The minimum atomic E-state index is -2.02. The van der Waals surface area contributed by atoms with Crippen LogP contribution in [-0.2, 0) is 11.1 Å². The van der Waals surface area contributed by atoms with E-state index in [0.29, 0.717) is 15.7 Å². The Morgan fingerprint density at radius 3 is 2.29 bits per heavy atom. The molecule has 2 N–H and O–H groups in total. The van der Waals surface area contributed by atoms with Crippen LogP contribution in [0.2, 0.25) is 0 Å². The quantitative estimate of drug-likeness (QED) is 0.706. The Hall–Kier alpha value is -1.39. The van der Waals surface area contributed by atoms with E-state index in [4.69, 9.17) is 4.55 Å².